The van der Waals surface area contributed by atoms with Gasteiger partial charge in [-0.1, -0.05) is 45.4 Å². The third-order valence-corrected chi connectivity index (χ3v) is 7.97. The van der Waals surface area contributed by atoms with Crippen molar-refractivity contribution in [1.29, 1.82) is 0 Å². The lowest BCUT2D eigenvalue weighted by atomic mass is 9.75. The van der Waals surface area contributed by atoms with Crippen LogP contribution in [0.15, 0.2) is 30.3 Å². The molecule has 5 atom stereocenters. The SMILES string of the molecule is CC(=O)OC(C)CP(=O)(O[C@@H]1C[C@H](C)CC[C@H]1C(C)C)c1ccccc1. The van der Waals surface area contributed by atoms with E-state index in [9.17, 15) is 9.36 Å². The normalized spacial score (nSPS) is 26.9. The summed E-state index contributed by atoms with van der Waals surface area (Å²) in [7, 11) is -3.13. The molecule has 0 aromatic heterocycles. The van der Waals surface area contributed by atoms with Crippen LogP contribution in [0.1, 0.15) is 53.9 Å². The summed E-state index contributed by atoms with van der Waals surface area (Å²) in [6.07, 6.45) is 2.99. The largest absolute Gasteiger partial charge is 0.462 e. The Bertz CT molecular complexity index is 628. The topological polar surface area (TPSA) is 52.6 Å². The van der Waals surface area contributed by atoms with E-state index in [0.29, 0.717) is 23.1 Å². The van der Waals surface area contributed by atoms with Crippen molar-refractivity contribution in [2.45, 2.75) is 66.1 Å². The quantitative estimate of drug-likeness (QED) is 0.492. The number of esters is 1. The first-order valence-corrected chi connectivity index (χ1v) is 11.5. The third-order valence-electron chi connectivity index (χ3n) is 5.28. The van der Waals surface area contributed by atoms with Gasteiger partial charge in [-0.25, -0.2) is 0 Å². The molecule has 2 rings (SSSR count). The van der Waals surface area contributed by atoms with Crippen molar-refractivity contribution in [3.05, 3.63) is 30.3 Å². The number of ether oxygens (including phenoxy) is 1. The minimum atomic E-state index is -3.13. The van der Waals surface area contributed by atoms with E-state index >= 15 is 0 Å². The minimum absolute atomic E-state index is 0.0192. The first-order chi connectivity index (χ1) is 12.2. The summed E-state index contributed by atoms with van der Waals surface area (Å²) in [5.41, 5.74) is 0. The first kappa shape index (κ1) is 21.2. The zero-order valence-corrected chi connectivity index (χ0v) is 17.6. The highest BCUT2D eigenvalue weighted by Gasteiger charge is 2.38. The lowest BCUT2D eigenvalue weighted by Crippen LogP contribution is -2.35. The van der Waals surface area contributed by atoms with Crippen LogP contribution in [0.2, 0.25) is 0 Å². The predicted octanol–water partition coefficient (Wildman–Crippen LogP) is 5.02. The Labute approximate surface area is 158 Å². The zero-order valence-electron chi connectivity index (χ0n) is 16.7. The molecule has 1 aliphatic rings. The molecule has 0 heterocycles. The van der Waals surface area contributed by atoms with Crippen LogP contribution in [0.25, 0.3) is 0 Å². The van der Waals surface area contributed by atoms with E-state index in [1.807, 2.05) is 30.3 Å². The molecule has 1 aliphatic carbocycles. The molecule has 0 radical (unpaired) electrons. The monoisotopic (exact) mass is 380 g/mol. The van der Waals surface area contributed by atoms with Crippen LogP contribution in [-0.2, 0) is 18.6 Å². The van der Waals surface area contributed by atoms with Gasteiger partial charge >= 0.3 is 5.97 Å². The molecule has 1 aromatic rings. The second-order valence-corrected chi connectivity index (χ2v) is 10.5. The summed E-state index contributed by atoms with van der Waals surface area (Å²) in [6, 6.07) is 9.38. The fourth-order valence-electron chi connectivity index (χ4n) is 3.98. The van der Waals surface area contributed by atoms with E-state index in [4.69, 9.17) is 9.26 Å². The molecule has 26 heavy (non-hydrogen) atoms. The van der Waals surface area contributed by atoms with Crippen LogP contribution in [-0.4, -0.2) is 24.3 Å². The van der Waals surface area contributed by atoms with Gasteiger partial charge in [0.2, 0.25) is 7.37 Å². The molecule has 0 spiro atoms. The van der Waals surface area contributed by atoms with Crippen molar-refractivity contribution in [3.63, 3.8) is 0 Å². The summed E-state index contributed by atoms with van der Waals surface area (Å²) in [4.78, 5) is 11.3. The van der Waals surface area contributed by atoms with Crippen LogP contribution >= 0.6 is 7.37 Å². The second kappa shape index (κ2) is 9.19. The van der Waals surface area contributed by atoms with Gasteiger partial charge in [-0.2, -0.15) is 0 Å². The fraction of sp³-hybridized carbons (Fsp3) is 0.667. The molecule has 2 unspecified atom stereocenters. The molecule has 4 nitrogen and oxygen atoms in total. The van der Waals surface area contributed by atoms with Crippen molar-refractivity contribution in [2.75, 3.05) is 6.16 Å². The second-order valence-electron chi connectivity index (χ2n) is 8.08. The van der Waals surface area contributed by atoms with E-state index in [2.05, 4.69) is 20.8 Å². The molecule has 1 saturated carbocycles. The van der Waals surface area contributed by atoms with E-state index in [-0.39, 0.29) is 18.2 Å². The minimum Gasteiger partial charge on any atom is -0.462 e. The summed E-state index contributed by atoms with van der Waals surface area (Å²) in [6.45, 7) is 9.83. The maximum Gasteiger partial charge on any atom is 0.302 e. The zero-order chi connectivity index (χ0) is 19.3. The van der Waals surface area contributed by atoms with Gasteiger partial charge in [-0.05, 0) is 49.7 Å². The highest BCUT2D eigenvalue weighted by atomic mass is 31.2. The summed E-state index contributed by atoms with van der Waals surface area (Å²) >= 11 is 0. The van der Waals surface area contributed by atoms with E-state index in [1.165, 1.54) is 13.3 Å². The maximum atomic E-state index is 13.9. The molecule has 1 aromatic carbocycles. The molecule has 0 bridgehead atoms. The summed E-state index contributed by atoms with van der Waals surface area (Å²) < 4.78 is 25.6. The average Bonchev–Trinajstić information content (AvgIpc) is 2.54. The fourth-order valence-corrected chi connectivity index (χ4v) is 6.45. The van der Waals surface area contributed by atoms with Gasteiger partial charge in [-0.15, -0.1) is 0 Å². The number of hydrogen-bond donors (Lipinski definition) is 0. The van der Waals surface area contributed by atoms with E-state index in [0.717, 1.165) is 12.8 Å². The van der Waals surface area contributed by atoms with Gasteiger partial charge in [0.1, 0.15) is 6.10 Å². The lowest BCUT2D eigenvalue weighted by Gasteiger charge is -2.39. The maximum absolute atomic E-state index is 13.9. The number of carbonyl (C=O) groups excluding carboxylic acids is 1. The Balaban J connectivity index is 2.28. The molecular formula is C21H33O4P. The molecule has 1 fully saturated rings. The lowest BCUT2D eigenvalue weighted by molar-refractivity contribution is -0.144. The summed E-state index contributed by atoms with van der Waals surface area (Å²) in [5.74, 6) is 1.11. The average molecular weight is 380 g/mol. The smallest absolute Gasteiger partial charge is 0.302 e. The Morgan fingerprint density at radius 1 is 1.19 bits per heavy atom. The Hall–Kier alpha value is -1.12. The van der Waals surface area contributed by atoms with Gasteiger partial charge < -0.3 is 9.26 Å². The Morgan fingerprint density at radius 3 is 2.42 bits per heavy atom. The van der Waals surface area contributed by atoms with Crippen molar-refractivity contribution in [3.8, 4) is 0 Å². The number of hydrogen-bond acceptors (Lipinski definition) is 4. The molecule has 0 N–H and O–H groups in total. The van der Waals surface area contributed by atoms with Crippen LogP contribution in [0.3, 0.4) is 0 Å². The molecule has 5 heteroatoms. The van der Waals surface area contributed by atoms with Gasteiger partial charge in [0.25, 0.3) is 0 Å². The van der Waals surface area contributed by atoms with Gasteiger partial charge in [-0.3, -0.25) is 9.36 Å². The van der Waals surface area contributed by atoms with Crippen LogP contribution in [0.5, 0.6) is 0 Å². The van der Waals surface area contributed by atoms with Gasteiger partial charge in [0.15, 0.2) is 0 Å². The van der Waals surface area contributed by atoms with Gasteiger partial charge in [0, 0.05) is 12.2 Å². The van der Waals surface area contributed by atoms with Crippen molar-refractivity contribution in [2.24, 2.45) is 17.8 Å². The van der Waals surface area contributed by atoms with Crippen LogP contribution in [0, 0.1) is 17.8 Å². The van der Waals surface area contributed by atoms with Crippen molar-refractivity contribution >= 4 is 18.6 Å². The molecule has 0 aliphatic heterocycles. The predicted molar refractivity (Wildman–Crippen MR) is 106 cm³/mol. The molecule has 0 saturated heterocycles. The van der Waals surface area contributed by atoms with Crippen LogP contribution in [0.4, 0.5) is 0 Å². The first-order valence-electron chi connectivity index (χ1n) is 9.71. The number of carbonyl (C=O) groups is 1. The van der Waals surface area contributed by atoms with Crippen molar-refractivity contribution < 1.29 is 18.6 Å². The van der Waals surface area contributed by atoms with Crippen molar-refractivity contribution in [1.82, 2.24) is 0 Å². The standard InChI is InChI=1S/C21H33O4P/c1-15(2)20-12-11-16(3)13-21(20)25-26(23,14-17(4)24-18(5)22)19-9-7-6-8-10-19/h6-10,15-17,20-21H,11-14H2,1-5H3/t16-,17?,20+,21-,26?/m1/s1. The third kappa shape index (κ3) is 5.69. The van der Waals surface area contributed by atoms with Gasteiger partial charge in [0.05, 0.1) is 12.3 Å². The Kier molecular flexibility index (Phi) is 7.49. The van der Waals surface area contributed by atoms with Crippen LogP contribution < -0.4 is 5.30 Å². The number of benzene rings is 1. The molecular weight excluding hydrogens is 347 g/mol. The highest BCUT2D eigenvalue weighted by molar-refractivity contribution is 7.67. The van der Waals surface area contributed by atoms with E-state index in [1.54, 1.807) is 6.92 Å². The highest BCUT2D eigenvalue weighted by Crippen LogP contribution is 2.51. The Morgan fingerprint density at radius 2 is 1.85 bits per heavy atom. The summed E-state index contributed by atoms with van der Waals surface area (Å²) in [5, 5.41) is 0.708. The molecule has 146 valence electrons. The number of rotatable bonds is 7. The van der Waals surface area contributed by atoms with E-state index < -0.39 is 13.5 Å². The molecule has 0 amide bonds.